The Kier molecular flexibility index (Phi) is 4.95. The van der Waals surface area contributed by atoms with Gasteiger partial charge in [0.05, 0.1) is 0 Å². The van der Waals surface area contributed by atoms with Gasteiger partial charge in [0, 0.05) is 17.8 Å². The van der Waals surface area contributed by atoms with Crippen molar-refractivity contribution in [1.29, 1.82) is 0 Å². The van der Waals surface area contributed by atoms with Gasteiger partial charge in [0.15, 0.2) is 0 Å². The Morgan fingerprint density at radius 3 is 2.63 bits per heavy atom. The molecule has 0 aromatic heterocycles. The number of aryl methyl sites for hydroxylation is 1. The van der Waals surface area contributed by atoms with E-state index in [9.17, 15) is 0 Å². The van der Waals surface area contributed by atoms with Gasteiger partial charge >= 0.3 is 0 Å². The summed E-state index contributed by atoms with van der Waals surface area (Å²) in [5.74, 6) is 0.633. The fourth-order valence-corrected chi connectivity index (χ4v) is 2.48. The zero-order valence-corrected chi connectivity index (χ0v) is 12.4. The van der Waals surface area contributed by atoms with E-state index in [2.05, 4.69) is 51.1 Å². The first-order valence-corrected chi connectivity index (χ1v) is 7.51. The van der Waals surface area contributed by atoms with Gasteiger partial charge in [-0.2, -0.15) is 0 Å². The third-order valence-corrected chi connectivity index (χ3v) is 3.86. The minimum absolute atomic E-state index is 0.633. The van der Waals surface area contributed by atoms with Gasteiger partial charge in [0.25, 0.3) is 0 Å². The van der Waals surface area contributed by atoms with Crippen LogP contribution in [0.15, 0.2) is 41.0 Å². The second-order valence-electron chi connectivity index (χ2n) is 5.70. The van der Waals surface area contributed by atoms with Gasteiger partial charge in [-0.3, -0.25) is 4.99 Å². The van der Waals surface area contributed by atoms with Crippen molar-refractivity contribution in [3.05, 3.63) is 47.2 Å². The molecule has 1 atom stereocenters. The highest BCUT2D eigenvalue weighted by molar-refractivity contribution is 5.88. The van der Waals surface area contributed by atoms with Crippen molar-refractivity contribution in [2.45, 2.75) is 52.9 Å². The summed E-state index contributed by atoms with van der Waals surface area (Å²) in [5, 5.41) is 0. The smallest absolute Gasteiger partial charge is 0.0407 e. The monoisotopic (exact) mass is 255 g/mol. The number of unbranched alkanes of at least 4 members (excludes halogenated alkanes) is 1. The number of aliphatic imine (C=N–C) groups is 1. The summed E-state index contributed by atoms with van der Waals surface area (Å²) in [4.78, 5) is 4.90. The fraction of sp³-hybridized carbons (Fsp3) is 0.500. The predicted molar refractivity (Wildman–Crippen MR) is 83.7 cm³/mol. The molecule has 0 radical (unpaired) electrons. The van der Waals surface area contributed by atoms with Crippen molar-refractivity contribution in [2.75, 3.05) is 0 Å². The maximum atomic E-state index is 4.90. The molecule has 1 heteroatoms. The topological polar surface area (TPSA) is 12.4 Å². The molecule has 2 rings (SSSR count). The number of allylic oxidation sites excluding steroid dienone is 2. The molecule has 0 bridgehead atoms. The molecule has 1 heterocycles. The zero-order chi connectivity index (χ0) is 13.7. The van der Waals surface area contributed by atoms with Crippen LogP contribution in [-0.2, 0) is 6.42 Å². The van der Waals surface area contributed by atoms with Gasteiger partial charge in [0.2, 0.25) is 0 Å². The average Bonchev–Trinajstić information content (AvgIpc) is 2.42. The van der Waals surface area contributed by atoms with E-state index in [1.807, 2.05) is 0 Å². The van der Waals surface area contributed by atoms with Crippen molar-refractivity contribution in [1.82, 2.24) is 0 Å². The summed E-state index contributed by atoms with van der Waals surface area (Å²) in [6.07, 6.45) is 8.14. The second-order valence-corrected chi connectivity index (χ2v) is 5.70. The number of nitrogens with zero attached hydrogens (tertiary/aromatic N) is 1. The highest BCUT2D eigenvalue weighted by Crippen LogP contribution is 2.22. The molecule has 0 spiro atoms. The molecule has 0 N–H and O–H groups in total. The largest absolute Gasteiger partial charge is 0.262 e. The van der Waals surface area contributed by atoms with Crippen molar-refractivity contribution >= 4 is 5.71 Å². The van der Waals surface area contributed by atoms with Gasteiger partial charge in [-0.1, -0.05) is 56.2 Å². The van der Waals surface area contributed by atoms with E-state index in [1.165, 1.54) is 41.8 Å². The third kappa shape index (κ3) is 4.05. The minimum Gasteiger partial charge on any atom is -0.262 e. The average molecular weight is 255 g/mol. The van der Waals surface area contributed by atoms with Crippen molar-refractivity contribution < 1.29 is 0 Å². The molecule has 1 unspecified atom stereocenters. The lowest BCUT2D eigenvalue weighted by Crippen LogP contribution is -2.15. The second kappa shape index (κ2) is 6.70. The first-order chi connectivity index (χ1) is 9.19. The SMILES string of the molecule is CCCCC1=NC(Cc2ccc(C)cc2)=CCC1C. The summed E-state index contributed by atoms with van der Waals surface area (Å²) < 4.78 is 0. The predicted octanol–water partition coefficient (Wildman–Crippen LogP) is 5.09. The zero-order valence-electron chi connectivity index (χ0n) is 12.4. The lowest BCUT2D eigenvalue weighted by molar-refractivity contribution is 0.714. The van der Waals surface area contributed by atoms with E-state index in [1.54, 1.807) is 0 Å². The van der Waals surface area contributed by atoms with Gasteiger partial charge in [-0.25, -0.2) is 0 Å². The standard InChI is InChI=1S/C18H25N/c1-4-5-6-18-15(3)9-12-17(19-18)13-16-10-7-14(2)8-11-16/h7-8,10-12,15H,4-6,9,13H2,1-3H3. The lowest BCUT2D eigenvalue weighted by Gasteiger charge is -2.19. The Hall–Kier alpha value is -1.37. The van der Waals surface area contributed by atoms with Crippen LogP contribution in [0.2, 0.25) is 0 Å². The summed E-state index contributed by atoms with van der Waals surface area (Å²) in [7, 11) is 0. The lowest BCUT2D eigenvalue weighted by atomic mass is 9.93. The molecule has 1 aromatic carbocycles. The van der Waals surface area contributed by atoms with Crippen LogP contribution in [0.4, 0.5) is 0 Å². The maximum absolute atomic E-state index is 4.90. The molecule has 1 aliphatic rings. The van der Waals surface area contributed by atoms with Crippen LogP contribution in [0.5, 0.6) is 0 Å². The number of hydrogen-bond acceptors (Lipinski definition) is 1. The van der Waals surface area contributed by atoms with Crippen molar-refractivity contribution in [3.63, 3.8) is 0 Å². The molecule has 1 nitrogen and oxygen atoms in total. The van der Waals surface area contributed by atoms with Crippen molar-refractivity contribution in [3.8, 4) is 0 Å². The molecular formula is C18H25N. The molecule has 0 aliphatic carbocycles. The molecule has 0 saturated carbocycles. The number of rotatable bonds is 5. The van der Waals surface area contributed by atoms with Crippen molar-refractivity contribution in [2.24, 2.45) is 10.9 Å². The Morgan fingerprint density at radius 1 is 1.21 bits per heavy atom. The van der Waals surface area contributed by atoms with Gasteiger partial charge < -0.3 is 0 Å². The van der Waals surface area contributed by atoms with Gasteiger partial charge in [-0.05, 0) is 37.7 Å². The normalized spacial score (nSPS) is 19.0. The molecular weight excluding hydrogens is 230 g/mol. The van der Waals surface area contributed by atoms with Crippen LogP contribution >= 0.6 is 0 Å². The Balaban J connectivity index is 2.04. The molecule has 0 amide bonds. The Morgan fingerprint density at radius 2 is 1.95 bits per heavy atom. The van der Waals surface area contributed by atoms with E-state index in [0.717, 1.165) is 12.8 Å². The highest BCUT2D eigenvalue weighted by atomic mass is 14.8. The van der Waals surface area contributed by atoms with E-state index in [4.69, 9.17) is 4.99 Å². The summed E-state index contributed by atoms with van der Waals surface area (Å²) in [5.41, 5.74) is 5.35. The van der Waals surface area contributed by atoms with Crippen LogP contribution in [0, 0.1) is 12.8 Å². The quantitative estimate of drug-likeness (QED) is 0.694. The van der Waals surface area contributed by atoms with E-state index >= 15 is 0 Å². The number of benzene rings is 1. The van der Waals surface area contributed by atoms with E-state index in [-0.39, 0.29) is 0 Å². The summed E-state index contributed by atoms with van der Waals surface area (Å²) in [6, 6.07) is 8.80. The van der Waals surface area contributed by atoms with Gasteiger partial charge in [0.1, 0.15) is 0 Å². The van der Waals surface area contributed by atoms with E-state index in [0.29, 0.717) is 5.92 Å². The molecule has 0 fully saturated rings. The molecule has 1 aliphatic heterocycles. The Bertz CT molecular complexity index is 465. The van der Waals surface area contributed by atoms with Crippen LogP contribution in [0.1, 0.15) is 50.7 Å². The van der Waals surface area contributed by atoms with Crippen LogP contribution in [0.3, 0.4) is 0 Å². The summed E-state index contributed by atoms with van der Waals surface area (Å²) in [6.45, 7) is 6.68. The summed E-state index contributed by atoms with van der Waals surface area (Å²) >= 11 is 0. The molecule has 0 saturated heterocycles. The molecule has 19 heavy (non-hydrogen) atoms. The molecule has 1 aromatic rings. The first kappa shape index (κ1) is 14.0. The van der Waals surface area contributed by atoms with E-state index < -0.39 is 0 Å². The Labute approximate surface area is 117 Å². The number of hydrogen-bond donors (Lipinski definition) is 0. The highest BCUT2D eigenvalue weighted by Gasteiger charge is 2.14. The van der Waals surface area contributed by atoms with Gasteiger partial charge in [-0.15, -0.1) is 0 Å². The molecule has 102 valence electrons. The minimum atomic E-state index is 0.633. The maximum Gasteiger partial charge on any atom is 0.0407 e. The first-order valence-electron chi connectivity index (χ1n) is 7.51. The van der Waals surface area contributed by atoms with Crippen LogP contribution in [0.25, 0.3) is 0 Å². The van der Waals surface area contributed by atoms with Crippen LogP contribution < -0.4 is 0 Å². The third-order valence-electron chi connectivity index (χ3n) is 3.86. The fourth-order valence-electron chi connectivity index (χ4n) is 2.48. The van der Waals surface area contributed by atoms with Crippen LogP contribution in [-0.4, -0.2) is 5.71 Å².